The molecule has 3 N–H and O–H groups in total. The van der Waals surface area contributed by atoms with E-state index in [4.69, 9.17) is 0 Å². The minimum atomic E-state index is -0.532. The van der Waals surface area contributed by atoms with E-state index in [1.54, 1.807) is 0 Å². The smallest absolute Gasteiger partial charge is 0.230 e. The van der Waals surface area contributed by atoms with Crippen molar-refractivity contribution in [3.8, 4) is 0 Å². The van der Waals surface area contributed by atoms with Crippen LogP contribution in [0, 0.1) is 0 Å². The van der Waals surface area contributed by atoms with Crippen molar-refractivity contribution in [3.63, 3.8) is 0 Å². The van der Waals surface area contributed by atoms with Gasteiger partial charge in [0.1, 0.15) is 0 Å². The van der Waals surface area contributed by atoms with Gasteiger partial charge in [-0.1, -0.05) is 28.1 Å². The van der Waals surface area contributed by atoms with Crippen LogP contribution in [-0.4, -0.2) is 25.0 Å². The van der Waals surface area contributed by atoms with Gasteiger partial charge < -0.3 is 5.32 Å². The molecule has 1 saturated heterocycles. The number of hydrazine groups is 1. The summed E-state index contributed by atoms with van der Waals surface area (Å²) in [6, 6.07) is 8.22. The largest absolute Gasteiger partial charge is 0.354 e. The van der Waals surface area contributed by atoms with Crippen molar-refractivity contribution in [2.75, 3.05) is 13.1 Å². The van der Waals surface area contributed by atoms with E-state index in [2.05, 4.69) is 32.1 Å². The summed E-state index contributed by atoms with van der Waals surface area (Å²) >= 11 is 3.45. The quantitative estimate of drug-likeness (QED) is 0.790. The molecular weight excluding hydrogens is 306 g/mol. The standard InChI is InChI=1S/C14H20BrN3O/c1-14(2,10-4-3-5-11(15)8-10)13(19)16-9-12-6-7-17-18-12/h3-5,8,12,17-18H,6-7,9H2,1-2H3,(H,16,19). The normalized spacial score (nSPS) is 19.4. The zero-order chi connectivity index (χ0) is 13.9. The molecule has 0 aliphatic carbocycles. The molecule has 0 saturated carbocycles. The van der Waals surface area contributed by atoms with E-state index in [0.29, 0.717) is 12.6 Å². The second kappa shape index (κ2) is 6.03. The Morgan fingerprint density at radius 3 is 2.95 bits per heavy atom. The van der Waals surface area contributed by atoms with Crippen molar-refractivity contribution in [2.24, 2.45) is 0 Å². The van der Waals surface area contributed by atoms with Gasteiger partial charge in [-0.05, 0) is 38.0 Å². The first-order chi connectivity index (χ1) is 9.00. The number of rotatable bonds is 4. The first-order valence-electron chi connectivity index (χ1n) is 6.53. The monoisotopic (exact) mass is 325 g/mol. The second-order valence-electron chi connectivity index (χ2n) is 5.40. The molecule has 1 aromatic rings. The first-order valence-corrected chi connectivity index (χ1v) is 7.32. The van der Waals surface area contributed by atoms with Gasteiger partial charge in [0, 0.05) is 23.6 Å². The van der Waals surface area contributed by atoms with Gasteiger partial charge in [-0.25, -0.2) is 0 Å². The van der Waals surface area contributed by atoms with Gasteiger partial charge >= 0.3 is 0 Å². The summed E-state index contributed by atoms with van der Waals surface area (Å²) < 4.78 is 0.993. The van der Waals surface area contributed by atoms with Gasteiger partial charge in [0.15, 0.2) is 0 Å². The molecule has 1 amide bonds. The Balaban J connectivity index is 1.99. The van der Waals surface area contributed by atoms with Gasteiger partial charge in [0.2, 0.25) is 5.91 Å². The van der Waals surface area contributed by atoms with Gasteiger partial charge in [-0.3, -0.25) is 15.6 Å². The zero-order valence-corrected chi connectivity index (χ0v) is 12.9. The average Bonchev–Trinajstić information content (AvgIpc) is 2.89. The second-order valence-corrected chi connectivity index (χ2v) is 6.32. The molecule has 0 spiro atoms. The lowest BCUT2D eigenvalue weighted by atomic mass is 9.83. The highest BCUT2D eigenvalue weighted by Crippen LogP contribution is 2.25. The SMILES string of the molecule is CC(C)(C(=O)NCC1CCNN1)c1cccc(Br)c1. The van der Waals surface area contributed by atoms with Gasteiger partial charge in [-0.15, -0.1) is 0 Å². The molecule has 19 heavy (non-hydrogen) atoms. The lowest BCUT2D eigenvalue weighted by molar-refractivity contribution is -0.125. The van der Waals surface area contributed by atoms with Crippen molar-refractivity contribution in [1.82, 2.24) is 16.2 Å². The van der Waals surface area contributed by atoms with Crippen LogP contribution in [0.3, 0.4) is 0 Å². The fourth-order valence-electron chi connectivity index (χ4n) is 2.13. The summed E-state index contributed by atoms with van der Waals surface area (Å²) in [5, 5.41) is 3.03. The molecule has 4 nitrogen and oxygen atoms in total. The van der Waals surface area contributed by atoms with Crippen LogP contribution in [0.4, 0.5) is 0 Å². The maximum Gasteiger partial charge on any atom is 0.230 e. The van der Waals surface area contributed by atoms with Crippen molar-refractivity contribution in [1.29, 1.82) is 0 Å². The first kappa shape index (κ1) is 14.5. The molecule has 1 unspecified atom stereocenters. The van der Waals surface area contributed by atoms with E-state index in [1.165, 1.54) is 0 Å². The van der Waals surface area contributed by atoms with E-state index in [-0.39, 0.29) is 5.91 Å². The highest BCUT2D eigenvalue weighted by Gasteiger charge is 2.30. The topological polar surface area (TPSA) is 53.2 Å². The number of amides is 1. The highest BCUT2D eigenvalue weighted by atomic mass is 79.9. The summed E-state index contributed by atoms with van der Waals surface area (Å²) in [4.78, 5) is 12.4. The highest BCUT2D eigenvalue weighted by molar-refractivity contribution is 9.10. The number of hydrogen-bond donors (Lipinski definition) is 3. The third kappa shape index (κ3) is 3.55. The van der Waals surface area contributed by atoms with Crippen LogP contribution in [0.15, 0.2) is 28.7 Å². The minimum Gasteiger partial charge on any atom is -0.354 e. The summed E-state index contributed by atoms with van der Waals surface area (Å²) in [6.07, 6.45) is 1.04. The Kier molecular flexibility index (Phi) is 4.60. The molecule has 1 aliphatic rings. The molecule has 1 aliphatic heterocycles. The van der Waals surface area contributed by atoms with Gasteiger partial charge in [0.25, 0.3) is 0 Å². The van der Waals surface area contributed by atoms with Crippen molar-refractivity contribution in [3.05, 3.63) is 34.3 Å². The van der Waals surface area contributed by atoms with Crippen LogP contribution in [0.25, 0.3) is 0 Å². The van der Waals surface area contributed by atoms with Crippen LogP contribution >= 0.6 is 15.9 Å². The molecule has 1 aromatic carbocycles. The summed E-state index contributed by atoms with van der Waals surface area (Å²) in [7, 11) is 0. The maximum atomic E-state index is 12.4. The molecule has 5 heteroatoms. The van der Waals surface area contributed by atoms with Crippen molar-refractivity contribution >= 4 is 21.8 Å². The van der Waals surface area contributed by atoms with Crippen LogP contribution in [-0.2, 0) is 10.2 Å². The number of nitrogens with one attached hydrogen (secondary N) is 3. The maximum absolute atomic E-state index is 12.4. The van der Waals surface area contributed by atoms with Crippen LogP contribution in [0.5, 0.6) is 0 Å². The average molecular weight is 326 g/mol. The molecule has 104 valence electrons. The van der Waals surface area contributed by atoms with Crippen LogP contribution in [0.2, 0.25) is 0 Å². The minimum absolute atomic E-state index is 0.0549. The molecule has 1 atom stereocenters. The molecule has 0 bridgehead atoms. The number of halogens is 1. The van der Waals surface area contributed by atoms with Gasteiger partial charge in [0.05, 0.1) is 5.41 Å². The third-order valence-electron chi connectivity index (χ3n) is 3.55. The summed E-state index contributed by atoms with van der Waals surface area (Å²) in [6.45, 7) is 5.51. The van der Waals surface area contributed by atoms with Gasteiger partial charge in [-0.2, -0.15) is 0 Å². The fraction of sp³-hybridized carbons (Fsp3) is 0.500. The number of carbonyl (C=O) groups excluding carboxylic acids is 1. The molecule has 2 rings (SSSR count). The molecular formula is C14H20BrN3O. The van der Waals surface area contributed by atoms with Crippen molar-refractivity contribution < 1.29 is 4.79 Å². The lowest BCUT2D eigenvalue weighted by Gasteiger charge is -2.25. The van der Waals surface area contributed by atoms with E-state index < -0.39 is 5.41 Å². The predicted molar refractivity (Wildman–Crippen MR) is 79.7 cm³/mol. The molecule has 0 radical (unpaired) electrons. The van der Waals surface area contributed by atoms with Crippen molar-refractivity contribution in [2.45, 2.75) is 31.7 Å². The zero-order valence-electron chi connectivity index (χ0n) is 11.3. The Labute approximate surface area is 122 Å². The Morgan fingerprint density at radius 1 is 1.53 bits per heavy atom. The fourth-order valence-corrected chi connectivity index (χ4v) is 2.53. The molecule has 1 heterocycles. The van der Waals surface area contributed by atoms with Crippen LogP contribution in [0.1, 0.15) is 25.8 Å². The summed E-state index contributed by atoms with van der Waals surface area (Å²) in [5.74, 6) is 0.0549. The Bertz CT molecular complexity index is 456. The molecule has 0 aromatic heterocycles. The lowest BCUT2D eigenvalue weighted by Crippen LogP contribution is -2.46. The van der Waals surface area contributed by atoms with E-state index in [9.17, 15) is 4.79 Å². The molecule has 1 fully saturated rings. The number of benzene rings is 1. The Morgan fingerprint density at radius 2 is 2.32 bits per heavy atom. The predicted octanol–water partition coefficient (Wildman–Crippen LogP) is 1.71. The Hall–Kier alpha value is -0.910. The van der Waals surface area contributed by atoms with Crippen LogP contribution < -0.4 is 16.2 Å². The summed E-state index contributed by atoms with van der Waals surface area (Å²) in [5.41, 5.74) is 6.69. The number of carbonyl (C=O) groups is 1. The van der Waals surface area contributed by atoms with E-state index in [1.807, 2.05) is 38.1 Å². The third-order valence-corrected chi connectivity index (χ3v) is 4.04. The van der Waals surface area contributed by atoms with E-state index >= 15 is 0 Å². The van der Waals surface area contributed by atoms with E-state index in [0.717, 1.165) is 23.0 Å². The number of hydrogen-bond acceptors (Lipinski definition) is 3.